The molecule has 4 heterocycles. The van der Waals surface area contributed by atoms with Gasteiger partial charge in [0.05, 0.1) is 19.1 Å². The van der Waals surface area contributed by atoms with E-state index in [1.54, 1.807) is 25.7 Å². The normalized spacial score (nSPS) is 13.9. The minimum absolute atomic E-state index is 0.300. The van der Waals surface area contributed by atoms with Crippen LogP contribution in [0.25, 0.3) is 39.1 Å². The summed E-state index contributed by atoms with van der Waals surface area (Å²) >= 11 is 0. The molecule has 33 heavy (non-hydrogen) atoms. The number of aromatic nitrogens is 7. The molecule has 0 amide bonds. The molecule has 4 aromatic heterocycles. The van der Waals surface area contributed by atoms with E-state index in [0.717, 1.165) is 53.0 Å². The average molecular weight is 443 g/mol. The van der Waals surface area contributed by atoms with Crippen molar-refractivity contribution in [3.63, 3.8) is 0 Å². The minimum atomic E-state index is -0.320. The number of rotatable bonds is 6. The average Bonchev–Trinajstić information content (AvgIpc) is 3.44. The summed E-state index contributed by atoms with van der Waals surface area (Å²) in [6.45, 7) is 3.07. The monoisotopic (exact) mass is 443 g/mol. The molecule has 0 spiro atoms. The van der Waals surface area contributed by atoms with Gasteiger partial charge >= 0.3 is 0 Å². The van der Waals surface area contributed by atoms with E-state index in [9.17, 15) is 0 Å². The summed E-state index contributed by atoms with van der Waals surface area (Å²) in [5.74, 6) is 1.09. The number of nitrogens with zero attached hydrogens (tertiary/aromatic N) is 7. The number of benzene rings is 1. The molecule has 0 aliphatic heterocycles. The molecule has 0 N–H and O–H groups in total. The fourth-order valence-corrected chi connectivity index (χ4v) is 4.40. The number of pyridine rings is 1. The second kappa shape index (κ2) is 7.70. The Morgan fingerprint density at radius 1 is 1.06 bits per heavy atom. The molecular weight excluding hydrogens is 421 g/mol. The fourth-order valence-electron chi connectivity index (χ4n) is 4.40. The first kappa shape index (κ1) is 19.9. The van der Waals surface area contributed by atoms with Crippen LogP contribution in [0.2, 0.25) is 0 Å². The Morgan fingerprint density at radius 3 is 2.73 bits per heavy atom. The molecule has 1 saturated carbocycles. The fraction of sp³-hybridized carbons (Fsp3) is 0.292. The topological polar surface area (TPSA) is 83.0 Å². The highest BCUT2D eigenvalue weighted by molar-refractivity contribution is 5.90. The van der Waals surface area contributed by atoms with Crippen molar-refractivity contribution in [3.05, 3.63) is 60.2 Å². The van der Waals surface area contributed by atoms with E-state index in [1.165, 1.54) is 6.07 Å². The van der Waals surface area contributed by atoms with E-state index in [2.05, 4.69) is 25.4 Å². The first-order valence-electron chi connectivity index (χ1n) is 11.0. The Kier molecular flexibility index (Phi) is 4.65. The molecule has 1 aliphatic rings. The zero-order valence-electron chi connectivity index (χ0n) is 18.4. The zero-order valence-corrected chi connectivity index (χ0v) is 18.4. The molecule has 1 aliphatic carbocycles. The molecule has 1 fully saturated rings. The van der Waals surface area contributed by atoms with E-state index in [-0.39, 0.29) is 5.82 Å². The van der Waals surface area contributed by atoms with Gasteiger partial charge in [-0.15, -0.1) is 15.3 Å². The van der Waals surface area contributed by atoms with Gasteiger partial charge in [-0.3, -0.25) is 4.40 Å². The number of fused-ring (bicyclic) bond motifs is 2. The zero-order chi connectivity index (χ0) is 22.5. The largest absolute Gasteiger partial charge is 0.380 e. The number of hydrogen-bond acceptors (Lipinski definition) is 6. The highest BCUT2D eigenvalue weighted by Gasteiger charge is 2.29. The Balaban J connectivity index is 1.53. The second-order valence-electron chi connectivity index (χ2n) is 8.32. The molecular formula is C24H22FN7O. The van der Waals surface area contributed by atoms with Crippen LogP contribution in [-0.2, 0) is 17.9 Å². The first-order chi connectivity index (χ1) is 16.2. The van der Waals surface area contributed by atoms with Gasteiger partial charge in [-0.2, -0.15) is 5.10 Å². The Bertz CT molecular complexity index is 1500. The van der Waals surface area contributed by atoms with Gasteiger partial charge in [-0.05, 0) is 49.1 Å². The number of ether oxygens (including phenoxy) is 1. The maximum Gasteiger partial charge on any atom is 0.183 e. The van der Waals surface area contributed by atoms with Gasteiger partial charge in [0, 0.05) is 42.5 Å². The summed E-state index contributed by atoms with van der Waals surface area (Å²) in [5.41, 5.74) is 5.78. The quantitative estimate of drug-likeness (QED) is 0.387. The smallest absolute Gasteiger partial charge is 0.183 e. The van der Waals surface area contributed by atoms with Crippen LogP contribution in [-0.4, -0.2) is 41.5 Å². The van der Waals surface area contributed by atoms with Crippen molar-refractivity contribution < 1.29 is 9.13 Å². The van der Waals surface area contributed by atoms with Crippen LogP contribution in [0.4, 0.5) is 4.39 Å². The number of halogens is 1. The van der Waals surface area contributed by atoms with Crippen molar-refractivity contribution in [3.8, 4) is 22.3 Å². The third-order valence-electron chi connectivity index (χ3n) is 6.25. The van der Waals surface area contributed by atoms with Crippen molar-refractivity contribution in [1.82, 2.24) is 34.3 Å². The van der Waals surface area contributed by atoms with Crippen molar-refractivity contribution in [2.75, 3.05) is 7.11 Å². The molecule has 0 bridgehead atoms. The molecule has 1 aromatic carbocycles. The molecule has 0 radical (unpaired) electrons. The van der Waals surface area contributed by atoms with Crippen molar-refractivity contribution in [2.24, 2.45) is 0 Å². The van der Waals surface area contributed by atoms with Crippen LogP contribution in [0.1, 0.15) is 37.1 Å². The lowest BCUT2D eigenvalue weighted by Crippen LogP contribution is -2.01. The molecule has 5 aromatic rings. The van der Waals surface area contributed by atoms with Gasteiger partial charge in [-0.25, -0.2) is 9.37 Å². The van der Waals surface area contributed by atoms with Gasteiger partial charge in [0.1, 0.15) is 17.2 Å². The number of aryl methyl sites for hydroxylation is 1. The van der Waals surface area contributed by atoms with E-state index >= 15 is 4.39 Å². The third-order valence-corrected chi connectivity index (χ3v) is 6.25. The van der Waals surface area contributed by atoms with Crippen LogP contribution in [0.5, 0.6) is 0 Å². The molecule has 6 rings (SSSR count). The van der Waals surface area contributed by atoms with Crippen molar-refractivity contribution in [1.29, 1.82) is 0 Å². The summed E-state index contributed by atoms with van der Waals surface area (Å²) in [4.78, 5) is 4.53. The number of methoxy groups -OCH3 is 1. The Morgan fingerprint density at radius 2 is 1.94 bits per heavy atom. The van der Waals surface area contributed by atoms with Crippen LogP contribution in [0.15, 0.2) is 43.0 Å². The predicted molar refractivity (Wildman–Crippen MR) is 121 cm³/mol. The summed E-state index contributed by atoms with van der Waals surface area (Å²) in [6.07, 6.45) is 7.60. The number of imidazole rings is 1. The molecule has 0 atom stereocenters. The summed E-state index contributed by atoms with van der Waals surface area (Å²) in [5, 5.41) is 17.2. The minimum Gasteiger partial charge on any atom is -0.380 e. The molecule has 0 saturated heterocycles. The standard InChI is InChI=1S/C24H22FN7O/c1-3-31-13-26-21-18(11-27-28-24(21)31)15-6-7-20(25)17(10-15)16-8-9-32-22(14-4-5-14)29-30-23(32)19(16)12-33-2/h6-11,13-14H,3-5,12H2,1-2H3. The highest BCUT2D eigenvalue weighted by Crippen LogP contribution is 2.40. The highest BCUT2D eigenvalue weighted by atomic mass is 19.1. The summed E-state index contributed by atoms with van der Waals surface area (Å²) in [7, 11) is 1.63. The maximum atomic E-state index is 15.2. The maximum absolute atomic E-state index is 15.2. The summed E-state index contributed by atoms with van der Waals surface area (Å²) in [6, 6.07) is 6.98. The Labute approximate surface area is 189 Å². The lowest BCUT2D eigenvalue weighted by Gasteiger charge is -2.13. The van der Waals surface area contributed by atoms with E-state index in [1.807, 2.05) is 34.2 Å². The van der Waals surface area contributed by atoms with E-state index in [0.29, 0.717) is 29.4 Å². The van der Waals surface area contributed by atoms with Gasteiger partial charge < -0.3 is 9.30 Å². The first-order valence-corrected chi connectivity index (χ1v) is 11.0. The van der Waals surface area contributed by atoms with Crippen molar-refractivity contribution >= 4 is 16.8 Å². The molecule has 8 nitrogen and oxygen atoms in total. The Hall–Kier alpha value is -3.72. The van der Waals surface area contributed by atoms with Gasteiger partial charge in [-0.1, -0.05) is 6.07 Å². The van der Waals surface area contributed by atoms with Crippen molar-refractivity contribution in [2.45, 2.75) is 38.8 Å². The van der Waals surface area contributed by atoms with Gasteiger partial charge in [0.2, 0.25) is 0 Å². The summed E-state index contributed by atoms with van der Waals surface area (Å²) < 4.78 is 24.6. The molecule has 166 valence electrons. The van der Waals surface area contributed by atoms with Gasteiger partial charge in [0.15, 0.2) is 11.3 Å². The van der Waals surface area contributed by atoms with Crippen LogP contribution in [0, 0.1) is 5.82 Å². The molecule has 9 heteroatoms. The SMILES string of the molecule is CCn1cnc2c(-c3ccc(F)c(-c4ccn5c(C6CC6)nnc5c4COC)c3)cnnc21. The third kappa shape index (κ3) is 3.19. The van der Waals surface area contributed by atoms with Crippen LogP contribution < -0.4 is 0 Å². The molecule has 0 unspecified atom stereocenters. The lowest BCUT2D eigenvalue weighted by atomic mass is 9.96. The van der Waals surface area contributed by atoms with Crippen LogP contribution in [0.3, 0.4) is 0 Å². The number of hydrogen-bond donors (Lipinski definition) is 0. The predicted octanol–water partition coefficient (Wildman–Crippen LogP) is 4.39. The van der Waals surface area contributed by atoms with E-state index in [4.69, 9.17) is 4.74 Å². The van der Waals surface area contributed by atoms with Gasteiger partial charge in [0.25, 0.3) is 0 Å². The lowest BCUT2D eigenvalue weighted by molar-refractivity contribution is 0.186. The second-order valence-corrected chi connectivity index (χ2v) is 8.32. The van der Waals surface area contributed by atoms with Crippen LogP contribution >= 0.6 is 0 Å². The van der Waals surface area contributed by atoms with E-state index < -0.39 is 0 Å².